The van der Waals surface area contributed by atoms with Gasteiger partial charge in [0.25, 0.3) is 0 Å². The number of halogens is 1. The van der Waals surface area contributed by atoms with Gasteiger partial charge in [-0.05, 0) is 50.4 Å². The molecule has 0 aliphatic carbocycles. The Morgan fingerprint density at radius 1 is 1.05 bits per heavy atom. The summed E-state index contributed by atoms with van der Waals surface area (Å²) in [5, 5.41) is 2.71. The van der Waals surface area contributed by atoms with Crippen molar-refractivity contribution in [3.63, 3.8) is 0 Å². The van der Waals surface area contributed by atoms with E-state index < -0.39 is 0 Å². The molecule has 5 heteroatoms. The van der Waals surface area contributed by atoms with Crippen molar-refractivity contribution in [2.45, 2.75) is 20.8 Å². The van der Waals surface area contributed by atoms with Crippen LogP contribution in [-0.4, -0.2) is 14.5 Å². The molecular formula is C15H14ClN3S. The summed E-state index contributed by atoms with van der Waals surface area (Å²) in [5.41, 5.74) is 4.05. The van der Waals surface area contributed by atoms with E-state index in [4.69, 9.17) is 11.6 Å². The fraction of sp³-hybridized carbons (Fsp3) is 0.200. The Kier molecular flexibility index (Phi) is 3.36. The minimum absolute atomic E-state index is 0.699. The zero-order chi connectivity index (χ0) is 14.3. The van der Waals surface area contributed by atoms with Crippen LogP contribution >= 0.6 is 22.9 Å². The number of aromatic nitrogens is 3. The van der Waals surface area contributed by atoms with E-state index in [9.17, 15) is 0 Å². The van der Waals surface area contributed by atoms with E-state index in [1.165, 1.54) is 0 Å². The molecule has 0 bridgehead atoms. The third-order valence-electron chi connectivity index (χ3n) is 3.16. The van der Waals surface area contributed by atoms with E-state index in [-0.39, 0.29) is 0 Å². The van der Waals surface area contributed by atoms with Crippen molar-refractivity contribution in [2.75, 3.05) is 0 Å². The topological polar surface area (TPSA) is 30.7 Å². The molecule has 0 amide bonds. The highest BCUT2D eigenvalue weighted by Gasteiger charge is 2.12. The number of hydrogen-bond acceptors (Lipinski definition) is 3. The van der Waals surface area contributed by atoms with Crippen LogP contribution in [0.5, 0.6) is 0 Å². The molecule has 102 valence electrons. The van der Waals surface area contributed by atoms with Crippen LogP contribution in [0.3, 0.4) is 0 Å². The van der Waals surface area contributed by atoms with Crippen molar-refractivity contribution in [2.24, 2.45) is 0 Å². The number of aryl methyl sites for hydroxylation is 3. The van der Waals surface area contributed by atoms with Gasteiger partial charge in [-0.15, -0.1) is 11.3 Å². The molecule has 0 spiro atoms. The molecule has 0 atom stereocenters. The fourth-order valence-corrected chi connectivity index (χ4v) is 3.34. The smallest absolute Gasteiger partial charge is 0.234 e. The molecule has 3 heterocycles. The van der Waals surface area contributed by atoms with Crippen molar-refractivity contribution in [1.82, 2.24) is 14.5 Å². The molecule has 3 aromatic heterocycles. The molecular weight excluding hydrogens is 290 g/mol. The van der Waals surface area contributed by atoms with Crippen LogP contribution in [0.15, 0.2) is 29.6 Å². The SMILES string of the molecule is Cc1cc(-c2sccc2Cl)nc(-n2c(C)ccc2C)n1. The van der Waals surface area contributed by atoms with Gasteiger partial charge in [-0.3, -0.25) is 4.57 Å². The maximum Gasteiger partial charge on any atom is 0.234 e. The summed E-state index contributed by atoms with van der Waals surface area (Å²) in [6, 6.07) is 8.00. The normalized spacial score (nSPS) is 11.0. The average Bonchev–Trinajstić information content (AvgIpc) is 2.95. The summed E-state index contributed by atoms with van der Waals surface area (Å²) >= 11 is 7.80. The second-order valence-electron chi connectivity index (χ2n) is 4.74. The lowest BCUT2D eigenvalue weighted by atomic mass is 10.3. The third-order valence-corrected chi connectivity index (χ3v) is 4.53. The fourth-order valence-electron chi connectivity index (χ4n) is 2.23. The van der Waals surface area contributed by atoms with Crippen molar-refractivity contribution < 1.29 is 0 Å². The Morgan fingerprint density at radius 3 is 2.35 bits per heavy atom. The standard InChI is InChI=1S/C15H14ClN3S/c1-9-8-13(14-12(16)6-7-20-14)18-15(17-9)19-10(2)4-5-11(19)3/h4-8H,1-3H3. The predicted molar refractivity (Wildman–Crippen MR) is 83.9 cm³/mol. The highest BCUT2D eigenvalue weighted by molar-refractivity contribution is 7.14. The van der Waals surface area contributed by atoms with Gasteiger partial charge in [0.1, 0.15) is 0 Å². The molecule has 0 radical (unpaired) electrons. The molecule has 0 saturated carbocycles. The van der Waals surface area contributed by atoms with Gasteiger partial charge in [0.05, 0.1) is 15.6 Å². The van der Waals surface area contributed by atoms with Crippen LogP contribution < -0.4 is 0 Å². The van der Waals surface area contributed by atoms with E-state index in [1.54, 1.807) is 11.3 Å². The first kappa shape index (κ1) is 13.3. The van der Waals surface area contributed by atoms with Gasteiger partial charge in [-0.1, -0.05) is 11.6 Å². The minimum Gasteiger partial charge on any atom is -0.287 e. The van der Waals surface area contributed by atoms with Crippen LogP contribution in [0.25, 0.3) is 16.5 Å². The van der Waals surface area contributed by atoms with Gasteiger partial charge < -0.3 is 0 Å². The monoisotopic (exact) mass is 303 g/mol. The Bertz CT molecular complexity index is 754. The Balaban J connectivity index is 2.20. The van der Waals surface area contributed by atoms with Gasteiger partial charge >= 0.3 is 0 Å². The number of thiophene rings is 1. The first-order valence-electron chi connectivity index (χ1n) is 6.30. The molecule has 0 N–H and O–H groups in total. The van der Waals surface area contributed by atoms with Crippen LogP contribution in [0.1, 0.15) is 17.1 Å². The first-order valence-corrected chi connectivity index (χ1v) is 7.56. The van der Waals surface area contributed by atoms with E-state index in [0.717, 1.165) is 32.7 Å². The largest absolute Gasteiger partial charge is 0.287 e. The molecule has 3 nitrogen and oxygen atoms in total. The van der Waals surface area contributed by atoms with Crippen molar-refractivity contribution in [1.29, 1.82) is 0 Å². The van der Waals surface area contributed by atoms with Crippen LogP contribution in [0.4, 0.5) is 0 Å². The third kappa shape index (κ3) is 2.25. The summed E-state index contributed by atoms with van der Waals surface area (Å²) in [7, 11) is 0. The van der Waals surface area contributed by atoms with Gasteiger partial charge in [-0.2, -0.15) is 0 Å². The molecule has 0 aliphatic heterocycles. The van der Waals surface area contributed by atoms with Crippen LogP contribution in [0, 0.1) is 20.8 Å². The molecule has 0 aromatic carbocycles. The number of rotatable bonds is 2. The Morgan fingerprint density at radius 2 is 1.75 bits per heavy atom. The Labute approximate surface area is 126 Å². The van der Waals surface area contributed by atoms with Gasteiger partial charge in [0.2, 0.25) is 5.95 Å². The molecule has 0 saturated heterocycles. The summed E-state index contributed by atoms with van der Waals surface area (Å²) in [6.07, 6.45) is 0. The predicted octanol–water partition coefficient (Wildman–Crippen LogP) is 4.57. The minimum atomic E-state index is 0.699. The molecule has 3 aromatic rings. The van der Waals surface area contributed by atoms with Crippen molar-refractivity contribution in [3.05, 3.63) is 51.7 Å². The maximum atomic E-state index is 6.21. The number of hydrogen-bond donors (Lipinski definition) is 0. The molecule has 0 fully saturated rings. The van der Waals surface area contributed by atoms with Crippen LogP contribution in [0.2, 0.25) is 5.02 Å². The maximum absolute atomic E-state index is 6.21. The second kappa shape index (κ2) is 5.04. The number of nitrogens with zero attached hydrogens (tertiary/aromatic N) is 3. The molecule has 0 aliphatic rings. The van der Waals surface area contributed by atoms with Crippen molar-refractivity contribution >= 4 is 22.9 Å². The van der Waals surface area contributed by atoms with E-state index >= 15 is 0 Å². The van der Waals surface area contributed by atoms with Gasteiger partial charge in [0.15, 0.2) is 0 Å². The van der Waals surface area contributed by atoms with Crippen LogP contribution in [-0.2, 0) is 0 Å². The lowest BCUT2D eigenvalue weighted by Gasteiger charge is -2.10. The summed E-state index contributed by atoms with van der Waals surface area (Å²) < 4.78 is 2.05. The van der Waals surface area contributed by atoms with E-state index in [2.05, 4.69) is 40.5 Å². The lowest BCUT2D eigenvalue weighted by molar-refractivity contribution is 0.865. The quantitative estimate of drug-likeness (QED) is 0.694. The summed E-state index contributed by atoms with van der Waals surface area (Å²) in [6.45, 7) is 6.08. The highest BCUT2D eigenvalue weighted by atomic mass is 35.5. The summed E-state index contributed by atoms with van der Waals surface area (Å²) in [4.78, 5) is 10.2. The van der Waals surface area contributed by atoms with Gasteiger partial charge in [0, 0.05) is 17.1 Å². The zero-order valence-electron chi connectivity index (χ0n) is 11.5. The second-order valence-corrected chi connectivity index (χ2v) is 6.07. The zero-order valence-corrected chi connectivity index (χ0v) is 13.1. The van der Waals surface area contributed by atoms with Gasteiger partial charge in [-0.25, -0.2) is 9.97 Å². The highest BCUT2D eigenvalue weighted by Crippen LogP contribution is 2.32. The average molecular weight is 304 g/mol. The summed E-state index contributed by atoms with van der Waals surface area (Å²) in [5.74, 6) is 0.699. The van der Waals surface area contributed by atoms with E-state index in [0.29, 0.717) is 5.95 Å². The lowest BCUT2D eigenvalue weighted by Crippen LogP contribution is -2.06. The molecule has 20 heavy (non-hydrogen) atoms. The van der Waals surface area contributed by atoms with E-state index in [1.807, 2.05) is 24.4 Å². The Hall–Kier alpha value is -1.65. The molecule has 0 unspecified atom stereocenters. The first-order chi connectivity index (χ1) is 9.56. The van der Waals surface area contributed by atoms with Crippen molar-refractivity contribution in [3.8, 4) is 16.5 Å². The molecule has 3 rings (SSSR count).